The topological polar surface area (TPSA) is 20.9 Å². The molecule has 9 rings (SSSR count). The number of furan rings is 1. The van der Waals surface area contributed by atoms with Crippen LogP contribution in [0.25, 0.3) is 55.6 Å². The fraction of sp³-hybridized carbons (Fsp3) is 0.321. The average Bonchev–Trinajstić information content (AvgIpc) is 3.86. The first-order valence-electron chi connectivity index (χ1n) is 22.3. The van der Waals surface area contributed by atoms with Crippen LogP contribution >= 0.6 is 0 Å². The monoisotopic (exact) mass is 1000 g/mol. The molecule has 0 N–H and O–H groups in total. The number of aromatic nitrogens is 2. The molecule has 4 aromatic carbocycles. The van der Waals surface area contributed by atoms with E-state index in [0.717, 1.165) is 62.6 Å². The minimum Gasteiger partial charge on any atom is -0.469 e. The number of nitrogens with zero attached hydrogens (tertiary/aromatic N) is 2. The van der Waals surface area contributed by atoms with Crippen LogP contribution in [0.1, 0.15) is 103 Å². The summed E-state index contributed by atoms with van der Waals surface area (Å²) < 4.78 is 10.4. The number of aryl methyl sites for hydroxylation is 3. The van der Waals surface area contributed by atoms with Gasteiger partial charge in [0.15, 0.2) is 0 Å². The summed E-state index contributed by atoms with van der Waals surface area (Å²) in [5, 5.41) is 3.74. The molecule has 0 amide bonds. The molecule has 7 aromatic rings. The summed E-state index contributed by atoms with van der Waals surface area (Å²) in [6.07, 6.45) is 17.7. The number of hydrogen-bond donors (Lipinski definition) is 0. The zero-order chi connectivity index (χ0) is 42.3. The van der Waals surface area contributed by atoms with Crippen LogP contribution < -0.4 is 14.3 Å². The predicted molar refractivity (Wildman–Crippen MR) is 256 cm³/mol. The standard InChI is InChI=1S/C33H32NO.C23H32NSi.Ir/c1-21-8-7-9-22(2)33(21)26-12-13-27-29-20-28(23(3)16-31(29)35-32(27)19-26)30-18-25(14-15-34(30)4)17-24-10-5-6-11-24;1-17-14-20(19-10-8-7-9-11-19)12-13-21(17)22-15-18(2)23(16-24(22)3)25(4,5)6;/h7-9,12-16,18-20,24H,3-6,10-11,17H2,1-2H3;12-16,19H,1,3,7-11H2,2,4-6H3;/q2*-1;. The Morgan fingerprint density at radius 3 is 1.98 bits per heavy atom. The smallest absolute Gasteiger partial charge is 0.134 e. The van der Waals surface area contributed by atoms with Crippen molar-refractivity contribution in [2.45, 2.75) is 111 Å². The molecule has 3 heterocycles. The second kappa shape index (κ2) is 18.4. The van der Waals surface area contributed by atoms with Crippen LogP contribution in [-0.4, -0.2) is 8.07 Å². The van der Waals surface area contributed by atoms with Gasteiger partial charge in [-0.15, -0.1) is 34.9 Å². The Balaban J connectivity index is 0.000000192. The molecule has 3 nitrogen and oxygen atoms in total. The number of benzene rings is 4. The van der Waals surface area contributed by atoms with Crippen LogP contribution in [0.2, 0.25) is 19.6 Å². The molecule has 61 heavy (non-hydrogen) atoms. The zero-order valence-electron chi connectivity index (χ0n) is 37.4. The third-order valence-corrected chi connectivity index (χ3v) is 15.6. The van der Waals surface area contributed by atoms with Gasteiger partial charge in [0.1, 0.15) is 5.58 Å². The van der Waals surface area contributed by atoms with Crippen molar-refractivity contribution in [3.8, 4) is 33.6 Å². The predicted octanol–water partition coefficient (Wildman–Crippen LogP) is 13.7. The first kappa shape index (κ1) is 44.4. The molecule has 0 aliphatic heterocycles. The Bertz CT molecular complexity index is 2670. The average molecular weight is 1000 g/mol. The van der Waals surface area contributed by atoms with Gasteiger partial charge in [0.25, 0.3) is 0 Å². The largest absolute Gasteiger partial charge is 0.469 e. The molecule has 0 saturated heterocycles. The molecule has 1 radical (unpaired) electrons. The molecule has 2 saturated carbocycles. The number of pyridine rings is 2. The van der Waals surface area contributed by atoms with Gasteiger partial charge in [-0.1, -0.05) is 129 Å². The zero-order valence-corrected chi connectivity index (χ0v) is 40.8. The Labute approximate surface area is 381 Å². The van der Waals surface area contributed by atoms with Crippen LogP contribution in [0.15, 0.2) is 102 Å². The van der Waals surface area contributed by atoms with Crippen molar-refractivity contribution in [2.24, 2.45) is 5.92 Å². The quantitative estimate of drug-likeness (QED) is 0.0885. The van der Waals surface area contributed by atoms with E-state index in [9.17, 15) is 0 Å². The van der Waals surface area contributed by atoms with Gasteiger partial charge in [-0.3, -0.25) is 0 Å². The van der Waals surface area contributed by atoms with E-state index in [-0.39, 0.29) is 20.1 Å². The third-order valence-electron chi connectivity index (χ3n) is 13.5. The Hall–Kier alpha value is -4.67. The van der Waals surface area contributed by atoms with Gasteiger partial charge < -0.3 is 13.6 Å². The van der Waals surface area contributed by atoms with E-state index in [2.05, 4.69) is 166 Å². The SMILES string of the molecule is [CH2-]c1cc(C2CCCCC2)ccc1-c1cc(C)c([Si](C)(C)C)c[n+]1[CH2-].[CH2-]c1cc2oc3cc(-c4c(C)cccc4C)ccc3c2cc1-c1cc(CC2CCCC2)cc[n+]1[CH2-].[Ir]. The first-order valence-corrected chi connectivity index (χ1v) is 25.8. The van der Waals surface area contributed by atoms with Gasteiger partial charge in [-0.2, -0.15) is 31.0 Å². The summed E-state index contributed by atoms with van der Waals surface area (Å²) in [6.45, 7) is 22.5. The maximum Gasteiger partial charge on any atom is 0.134 e. The Kier molecular flexibility index (Phi) is 13.4. The summed E-state index contributed by atoms with van der Waals surface area (Å²) in [6, 6.07) is 31.1. The number of rotatable bonds is 7. The van der Waals surface area contributed by atoms with Crippen LogP contribution in [0.5, 0.6) is 0 Å². The van der Waals surface area contributed by atoms with E-state index >= 15 is 0 Å². The molecule has 3 aromatic heterocycles. The first-order chi connectivity index (χ1) is 28.7. The molecule has 0 bridgehead atoms. The summed E-state index contributed by atoms with van der Waals surface area (Å²) in [5.41, 5.74) is 17.7. The molecule has 2 aliphatic rings. The summed E-state index contributed by atoms with van der Waals surface area (Å²) >= 11 is 0. The summed E-state index contributed by atoms with van der Waals surface area (Å²) in [7, 11) is 7.19. The van der Waals surface area contributed by atoms with Crippen LogP contribution in [0, 0.1) is 54.6 Å². The van der Waals surface area contributed by atoms with Gasteiger partial charge in [0.05, 0.1) is 37.4 Å². The molecule has 319 valence electrons. The van der Waals surface area contributed by atoms with E-state index in [4.69, 9.17) is 4.42 Å². The van der Waals surface area contributed by atoms with Crippen LogP contribution in [-0.2, 0) is 26.5 Å². The van der Waals surface area contributed by atoms with E-state index in [1.807, 2.05) is 9.13 Å². The second-order valence-electron chi connectivity index (χ2n) is 19.1. The second-order valence-corrected chi connectivity index (χ2v) is 24.1. The van der Waals surface area contributed by atoms with E-state index in [1.54, 1.807) is 0 Å². The van der Waals surface area contributed by atoms with Gasteiger partial charge in [-0.05, 0) is 86.3 Å². The molecule has 2 fully saturated rings. The fourth-order valence-electron chi connectivity index (χ4n) is 10.3. The number of hydrogen-bond acceptors (Lipinski definition) is 1. The van der Waals surface area contributed by atoms with Crippen LogP contribution in [0.3, 0.4) is 0 Å². The number of fused-ring (bicyclic) bond motifs is 3. The fourth-order valence-corrected chi connectivity index (χ4v) is 12.1. The third kappa shape index (κ3) is 9.41. The van der Waals surface area contributed by atoms with Crippen molar-refractivity contribution >= 4 is 35.2 Å². The summed E-state index contributed by atoms with van der Waals surface area (Å²) in [5.74, 6) is 1.54. The van der Waals surface area contributed by atoms with E-state index in [1.165, 1.54) is 113 Å². The van der Waals surface area contributed by atoms with E-state index in [0.29, 0.717) is 0 Å². The van der Waals surface area contributed by atoms with Crippen molar-refractivity contribution in [3.05, 3.63) is 164 Å². The molecule has 0 spiro atoms. The summed E-state index contributed by atoms with van der Waals surface area (Å²) in [4.78, 5) is 0. The van der Waals surface area contributed by atoms with Gasteiger partial charge >= 0.3 is 0 Å². The molecule has 2 aliphatic carbocycles. The molecule has 0 atom stereocenters. The molecular formula is C56H64IrN2OSi-2. The minimum absolute atomic E-state index is 0. The molecule has 0 unspecified atom stereocenters. The Morgan fingerprint density at radius 2 is 1.30 bits per heavy atom. The van der Waals surface area contributed by atoms with Gasteiger partial charge in [0, 0.05) is 45.0 Å². The van der Waals surface area contributed by atoms with Crippen LogP contribution in [0.4, 0.5) is 0 Å². The molecular weight excluding hydrogens is 937 g/mol. The van der Waals surface area contributed by atoms with Crippen molar-refractivity contribution in [2.75, 3.05) is 0 Å². The van der Waals surface area contributed by atoms with E-state index < -0.39 is 8.07 Å². The van der Waals surface area contributed by atoms with Crippen molar-refractivity contribution in [1.29, 1.82) is 0 Å². The van der Waals surface area contributed by atoms with Crippen molar-refractivity contribution < 1.29 is 33.7 Å². The van der Waals surface area contributed by atoms with Crippen molar-refractivity contribution in [1.82, 2.24) is 0 Å². The Morgan fingerprint density at radius 1 is 0.639 bits per heavy atom. The normalized spacial score (nSPS) is 14.9. The molecule has 5 heteroatoms. The van der Waals surface area contributed by atoms with Crippen molar-refractivity contribution in [3.63, 3.8) is 0 Å². The maximum atomic E-state index is 6.35. The van der Waals surface area contributed by atoms with Gasteiger partial charge in [0.2, 0.25) is 0 Å². The minimum atomic E-state index is -1.35. The maximum absolute atomic E-state index is 6.35. The van der Waals surface area contributed by atoms with Gasteiger partial charge in [-0.25, -0.2) is 0 Å².